The highest BCUT2D eigenvalue weighted by atomic mass is 16.2. The predicted octanol–water partition coefficient (Wildman–Crippen LogP) is 2.96. The molecule has 0 atom stereocenters. The molecule has 0 saturated carbocycles. The summed E-state index contributed by atoms with van der Waals surface area (Å²) >= 11 is 0. The van der Waals surface area contributed by atoms with E-state index in [0.29, 0.717) is 23.2 Å². The number of fused-ring (bicyclic) bond motifs is 1. The molecule has 0 saturated heterocycles. The van der Waals surface area contributed by atoms with E-state index in [2.05, 4.69) is 0 Å². The normalized spacial score (nSPS) is 13.4. The number of nitrogens with zero attached hydrogens (tertiary/aromatic N) is 2. The lowest BCUT2D eigenvalue weighted by Crippen LogP contribution is -2.36. The van der Waals surface area contributed by atoms with Crippen LogP contribution in [0.5, 0.6) is 0 Å². The zero-order chi connectivity index (χ0) is 18.1. The summed E-state index contributed by atoms with van der Waals surface area (Å²) in [5.74, 6) is -0.853. The SMILES string of the molecule is CC(C)N(Cc1ccccc1)C(=O)c1ccc2c(c1)C(=O)N(C)C2=O. The van der Waals surface area contributed by atoms with Crippen molar-refractivity contribution in [3.8, 4) is 0 Å². The highest BCUT2D eigenvalue weighted by molar-refractivity contribution is 6.21. The Morgan fingerprint density at radius 3 is 2.28 bits per heavy atom. The second-order valence-electron chi connectivity index (χ2n) is 6.44. The number of carbonyl (C=O) groups is 3. The molecule has 128 valence electrons. The van der Waals surface area contributed by atoms with Crippen LogP contribution in [0.2, 0.25) is 0 Å². The minimum absolute atomic E-state index is 0.000896. The van der Waals surface area contributed by atoms with Gasteiger partial charge >= 0.3 is 0 Å². The van der Waals surface area contributed by atoms with Crippen molar-refractivity contribution < 1.29 is 14.4 Å². The van der Waals surface area contributed by atoms with Gasteiger partial charge in [-0.15, -0.1) is 0 Å². The highest BCUT2D eigenvalue weighted by Gasteiger charge is 2.33. The van der Waals surface area contributed by atoms with Gasteiger partial charge in [0.1, 0.15) is 0 Å². The summed E-state index contributed by atoms with van der Waals surface area (Å²) in [6, 6.07) is 14.5. The minimum atomic E-state index is -0.367. The van der Waals surface area contributed by atoms with Crippen LogP contribution in [0.15, 0.2) is 48.5 Å². The van der Waals surface area contributed by atoms with Gasteiger partial charge in [0.25, 0.3) is 17.7 Å². The molecule has 2 aromatic rings. The van der Waals surface area contributed by atoms with Gasteiger partial charge in [0.05, 0.1) is 11.1 Å². The first-order chi connectivity index (χ1) is 11.9. The Hall–Kier alpha value is -2.95. The fraction of sp³-hybridized carbons (Fsp3) is 0.250. The Morgan fingerprint density at radius 2 is 1.64 bits per heavy atom. The van der Waals surface area contributed by atoms with Crippen molar-refractivity contribution in [1.29, 1.82) is 0 Å². The molecular weight excluding hydrogens is 316 g/mol. The van der Waals surface area contributed by atoms with Gasteiger partial charge in [-0.25, -0.2) is 0 Å². The van der Waals surface area contributed by atoms with E-state index in [1.807, 2.05) is 44.2 Å². The quantitative estimate of drug-likeness (QED) is 0.807. The van der Waals surface area contributed by atoms with Crippen molar-refractivity contribution in [1.82, 2.24) is 9.80 Å². The first kappa shape index (κ1) is 16.9. The lowest BCUT2D eigenvalue weighted by atomic mass is 10.0. The average molecular weight is 336 g/mol. The van der Waals surface area contributed by atoms with Crippen molar-refractivity contribution in [3.05, 3.63) is 70.8 Å². The molecule has 1 aliphatic rings. The fourth-order valence-electron chi connectivity index (χ4n) is 2.93. The van der Waals surface area contributed by atoms with Crippen molar-refractivity contribution in [3.63, 3.8) is 0 Å². The van der Waals surface area contributed by atoms with Crippen LogP contribution in [-0.4, -0.2) is 40.6 Å². The Balaban J connectivity index is 1.91. The molecule has 5 heteroatoms. The lowest BCUT2D eigenvalue weighted by Gasteiger charge is -2.27. The monoisotopic (exact) mass is 336 g/mol. The molecule has 0 aliphatic carbocycles. The number of amides is 3. The molecule has 0 aromatic heterocycles. The second kappa shape index (κ2) is 6.51. The van der Waals surface area contributed by atoms with Crippen LogP contribution in [0.1, 0.15) is 50.5 Å². The molecule has 1 heterocycles. The molecule has 5 nitrogen and oxygen atoms in total. The van der Waals surface area contributed by atoms with Gasteiger partial charge in [-0.1, -0.05) is 30.3 Å². The van der Waals surface area contributed by atoms with Crippen LogP contribution in [-0.2, 0) is 6.54 Å². The molecule has 0 unspecified atom stereocenters. The minimum Gasteiger partial charge on any atom is -0.332 e. The van der Waals surface area contributed by atoms with Crippen LogP contribution in [0, 0.1) is 0 Å². The zero-order valence-electron chi connectivity index (χ0n) is 14.5. The van der Waals surface area contributed by atoms with Gasteiger partial charge in [0.15, 0.2) is 0 Å². The number of benzene rings is 2. The summed E-state index contributed by atoms with van der Waals surface area (Å²) in [7, 11) is 1.45. The molecule has 0 radical (unpaired) electrons. The maximum Gasteiger partial charge on any atom is 0.261 e. The zero-order valence-corrected chi connectivity index (χ0v) is 14.5. The van der Waals surface area contributed by atoms with Crippen LogP contribution >= 0.6 is 0 Å². The molecule has 0 bridgehead atoms. The number of imide groups is 1. The molecular formula is C20H20N2O3. The summed E-state index contributed by atoms with van der Waals surface area (Å²) in [5, 5.41) is 0. The van der Waals surface area contributed by atoms with E-state index in [-0.39, 0.29) is 23.8 Å². The standard InChI is InChI=1S/C20H20N2O3/c1-13(2)22(12-14-7-5-4-6-8-14)18(23)15-9-10-16-17(11-15)20(25)21(3)19(16)24/h4-11,13H,12H2,1-3H3. The number of rotatable bonds is 4. The third-order valence-electron chi connectivity index (χ3n) is 4.42. The van der Waals surface area contributed by atoms with Crippen LogP contribution in [0.25, 0.3) is 0 Å². The predicted molar refractivity (Wildman–Crippen MR) is 94.3 cm³/mol. The molecule has 3 amide bonds. The van der Waals surface area contributed by atoms with E-state index in [0.717, 1.165) is 10.5 Å². The molecule has 25 heavy (non-hydrogen) atoms. The Bertz CT molecular complexity index is 843. The fourth-order valence-corrected chi connectivity index (χ4v) is 2.93. The van der Waals surface area contributed by atoms with Crippen molar-refractivity contribution in [2.75, 3.05) is 7.05 Å². The molecule has 3 rings (SSSR count). The molecule has 0 spiro atoms. The highest BCUT2D eigenvalue weighted by Crippen LogP contribution is 2.24. The third-order valence-corrected chi connectivity index (χ3v) is 4.42. The topological polar surface area (TPSA) is 57.7 Å². The Labute approximate surface area is 146 Å². The maximum absolute atomic E-state index is 13.0. The molecule has 0 fully saturated rings. The number of carbonyl (C=O) groups excluding carboxylic acids is 3. The van der Waals surface area contributed by atoms with E-state index < -0.39 is 0 Å². The van der Waals surface area contributed by atoms with Crippen LogP contribution in [0.3, 0.4) is 0 Å². The van der Waals surface area contributed by atoms with Gasteiger partial charge in [0, 0.05) is 25.2 Å². The third kappa shape index (κ3) is 3.05. The Kier molecular flexibility index (Phi) is 4.40. The maximum atomic E-state index is 13.0. The van der Waals surface area contributed by atoms with Gasteiger partial charge in [-0.3, -0.25) is 19.3 Å². The van der Waals surface area contributed by atoms with E-state index >= 15 is 0 Å². The molecule has 0 N–H and O–H groups in total. The van der Waals surface area contributed by atoms with Gasteiger partial charge in [-0.05, 0) is 37.6 Å². The van der Waals surface area contributed by atoms with Crippen molar-refractivity contribution >= 4 is 17.7 Å². The molecule has 1 aliphatic heterocycles. The first-order valence-corrected chi connectivity index (χ1v) is 8.21. The number of hydrogen-bond acceptors (Lipinski definition) is 3. The summed E-state index contributed by atoms with van der Waals surface area (Å²) in [6.45, 7) is 4.40. The Morgan fingerprint density at radius 1 is 1.00 bits per heavy atom. The van der Waals surface area contributed by atoms with Crippen molar-refractivity contribution in [2.45, 2.75) is 26.4 Å². The van der Waals surface area contributed by atoms with E-state index in [9.17, 15) is 14.4 Å². The second-order valence-corrected chi connectivity index (χ2v) is 6.44. The largest absolute Gasteiger partial charge is 0.332 e. The van der Waals surface area contributed by atoms with E-state index in [4.69, 9.17) is 0 Å². The summed E-state index contributed by atoms with van der Waals surface area (Å²) in [4.78, 5) is 39.9. The lowest BCUT2D eigenvalue weighted by molar-refractivity contribution is 0.0684. The van der Waals surface area contributed by atoms with E-state index in [1.54, 1.807) is 17.0 Å². The average Bonchev–Trinajstić information content (AvgIpc) is 2.84. The summed E-state index contributed by atoms with van der Waals surface area (Å²) < 4.78 is 0. The molecule has 2 aromatic carbocycles. The van der Waals surface area contributed by atoms with Crippen LogP contribution < -0.4 is 0 Å². The first-order valence-electron chi connectivity index (χ1n) is 8.21. The summed E-state index contributed by atoms with van der Waals surface area (Å²) in [5.41, 5.74) is 2.10. The number of hydrogen-bond donors (Lipinski definition) is 0. The van der Waals surface area contributed by atoms with Crippen LogP contribution in [0.4, 0.5) is 0 Å². The summed E-state index contributed by atoms with van der Waals surface area (Å²) in [6.07, 6.45) is 0. The van der Waals surface area contributed by atoms with Gasteiger partial charge in [0.2, 0.25) is 0 Å². The van der Waals surface area contributed by atoms with Gasteiger partial charge < -0.3 is 4.90 Å². The van der Waals surface area contributed by atoms with Crippen molar-refractivity contribution in [2.24, 2.45) is 0 Å². The van der Waals surface area contributed by atoms with Gasteiger partial charge in [-0.2, -0.15) is 0 Å². The van der Waals surface area contributed by atoms with E-state index in [1.165, 1.54) is 13.1 Å². The smallest absolute Gasteiger partial charge is 0.261 e.